The van der Waals surface area contributed by atoms with Crippen LogP contribution in [0.15, 0.2) is 42.7 Å². The Kier molecular flexibility index (Phi) is 6.42. The third-order valence-electron chi connectivity index (χ3n) is 6.37. The first-order valence-corrected chi connectivity index (χ1v) is 12.6. The van der Waals surface area contributed by atoms with Crippen molar-refractivity contribution in [2.45, 2.75) is 40.2 Å². The fourth-order valence-corrected chi connectivity index (χ4v) is 4.66. The van der Waals surface area contributed by atoms with Crippen LogP contribution in [0.5, 0.6) is 0 Å². The molecule has 5 rings (SSSR count). The molecule has 0 saturated carbocycles. The van der Waals surface area contributed by atoms with Crippen LogP contribution < -0.4 is 10.2 Å². The first-order chi connectivity index (χ1) is 18.0. The number of aryl methyl sites for hydroxylation is 2. The van der Waals surface area contributed by atoms with Gasteiger partial charge in [0.05, 0.1) is 22.5 Å². The van der Waals surface area contributed by atoms with E-state index in [4.69, 9.17) is 4.74 Å². The summed E-state index contributed by atoms with van der Waals surface area (Å²) in [6, 6.07) is 8.79. The molecule has 1 N–H and O–H groups in total. The Morgan fingerprint density at radius 2 is 1.71 bits per heavy atom. The summed E-state index contributed by atoms with van der Waals surface area (Å²) in [4.78, 5) is 38.6. The van der Waals surface area contributed by atoms with E-state index in [2.05, 4.69) is 20.2 Å². The van der Waals surface area contributed by atoms with Crippen LogP contribution in [0.1, 0.15) is 42.5 Å². The van der Waals surface area contributed by atoms with E-state index >= 15 is 0 Å². The number of amides is 2. The third-order valence-corrected chi connectivity index (χ3v) is 6.37. The van der Waals surface area contributed by atoms with Crippen molar-refractivity contribution in [2.75, 3.05) is 36.4 Å². The molecular formula is C28H31FN6O3. The molecule has 0 aliphatic carbocycles. The summed E-state index contributed by atoms with van der Waals surface area (Å²) in [5.41, 5.74) is 3.34. The van der Waals surface area contributed by atoms with Crippen LogP contribution in [-0.4, -0.2) is 63.0 Å². The minimum atomic E-state index is -0.542. The predicted octanol–water partition coefficient (Wildman–Crippen LogP) is 4.95. The Morgan fingerprint density at radius 3 is 2.42 bits per heavy atom. The lowest BCUT2D eigenvalue weighted by molar-refractivity contribution is 0.0240. The molecule has 0 bridgehead atoms. The summed E-state index contributed by atoms with van der Waals surface area (Å²) < 4.78 is 21.6. The van der Waals surface area contributed by atoms with Crippen LogP contribution in [0.3, 0.4) is 0 Å². The molecule has 38 heavy (non-hydrogen) atoms. The highest BCUT2D eigenvalue weighted by molar-refractivity contribution is 6.14. The number of ether oxygens (including phenoxy) is 1. The largest absolute Gasteiger partial charge is 0.444 e. The van der Waals surface area contributed by atoms with E-state index in [0.717, 1.165) is 16.8 Å². The summed E-state index contributed by atoms with van der Waals surface area (Å²) in [6.45, 7) is 11.5. The molecule has 0 radical (unpaired) electrons. The summed E-state index contributed by atoms with van der Waals surface area (Å²) in [7, 11) is 0. The van der Waals surface area contributed by atoms with Crippen LogP contribution in [0, 0.1) is 19.7 Å². The molecule has 1 fully saturated rings. The first-order valence-electron chi connectivity index (χ1n) is 12.6. The minimum Gasteiger partial charge on any atom is -0.444 e. The SMILES string of the molecule is Cc1ccc2c(N3CCN(C(=O)OC(C)(C)C)CC3)ccc(C(=O)Nc3cc(F)c4nc(C)cn4c3)c2n1. The number of carbonyl (C=O) groups is 2. The third kappa shape index (κ3) is 5.11. The highest BCUT2D eigenvalue weighted by Gasteiger charge is 2.27. The fourth-order valence-electron chi connectivity index (χ4n) is 4.66. The van der Waals surface area contributed by atoms with Crippen molar-refractivity contribution in [1.82, 2.24) is 19.3 Å². The highest BCUT2D eigenvalue weighted by Crippen LogP contribution is 2.30. The van der Waals surface area contributed by atoms with Crippen molar-refractivity contribution >= 4 is 39.9 Å². The highest BCUT2D eigenvalue weighted by atomic mass is 19.1. The maximum absolute atomic E-state index is 14.6. The molecule has 4 heterocycles. The van der Waals surface area contributed by atoms with Gasteiger partial charge in [0.25, 0.3) is 5.91 Å². The van der Waals surface area contributed by atoms with E-state index in [-0.39, 0.29) is 17.6 Å². The summed E-state index contributed by atoms with van der Waals surface area (Å²) >= 11 is 0. The first kappa shape index (κ1) is 25.4. The van der Waals surface area contributed by atoms with Crippen LogP contribution in [0.4, 0.5) is 20.6 Å². The zero-order valence-electron chi connectivity index (χ0n) is 22.2. The number of halogens is 1. The van der Waals surface area contributed by atoms with Crippen LogP contribution >= 0.6 is 0 Å². The number of fused-ring (bicyclic) bond motifs is 2. The van der Waals surface area contributed by atoms with Gasteiger partial charge in [-0.2, -0.15) is 0 Å². The molecule has 1 saturated heterocycles. The van der Waals surface area contributed by atoms with Gasteiger partial charge in [0.2, 0.25) is 0 Å². The number of aromatic nitrogens is 3. The fraction of sp³-hybridized carbons (Fsp3) is 0.357. The monoisotopic (exact) mass is 518 g/mol. The minimum absolute atomic E-state index is 0.208. The van der Waals surface area contributed by atoms with Crippen molar-refractivity contribution in [3.8, 4) is 0 Å². The van der Waals surface area contributed by atoms with Gasteiger partial charge in [-0.3, -0.25) is 9.78 Å². The van der Waals surface area contributed by atoms with Gasteiger partial charge >= 0.3 is 6.09 Å². The Balaban J connectivity index is 1.40. The smallest absolute Gasteiger partial charge is 0.410 e. The summed E-state index contributed by atoms with van der Waals surface area (Å²) in [5, 5.41) is 3.64. The number of anilines is 2. The maximum Gasteiger partial charge on any atom is 0.410 e. The molecule has 0 unspecified atom stereocenters. The molecule has 10 heteroatoms. The van der Waals surface area contributed by atoms with Gasteiger partial charge in [-0.05, 0) is 58.9 Å². The molecule has 1 aromatic carbocycles. The lowest BCUT2D eigenvalue weighted by Crippen LogP contribution is -2.50. The lowest BCUT2D eigenvalue weighted by Gasteiger charge is -2.37. The number of hydrogen-bond acceptors (Lipinski definition) is 6. The van der Waals surface area contributed by atoms with Crippen molar-refractivity contribution in [3.05, 3.63) is 65.5 Å². The second kappa shape index (κ2) is 9.59. The number of hydrogen-bond donors (Lipinski definition) is 1. The Bertz CT molecular complexity index is 1550. The number of nitrogens with zero attached hydrogens (tertiary/aromatic N) is 5. The van der Waals surface area contributed by atoms with Crippen LogP contribution in [0.25, 0.3) is 16.6 Å². The van der Waals surface area contributed by atoms with E-state index < -0.39 is 11.4 Å². The maximum atomic E-state index is 14.6. The standard InChI is InChI=1S/C28H31FN6O3/c1-17-6-7-20-23(33-10-12-34(13-11-33)27(37)38-28(3,4)5)9-8-21(24(20)30-17)26(36)32-19-14-22(29)25-31-18(2)15-35(25)16-19/h6-9,14-16H,10-13H2,1-5H3,(H,32,36). The summed E-state index contributed by atoms with van der Waals surface area (Å²) in [5.74, 6) is -0.902. The quantitative estimate of drug-likeness (QED) is 0.413. The molecule has 1 aliphatic heterocycles. The van der Waals surface area contributed by atoms with Crippen molar-refractivity contribution < 1.29 is 18.7 Å². The molecular weight excluding hydrogens is 487 g/mol. The number of piperazine rings is 1. The van der Waals surface area contributed by atoms with Gasteiger partial charge in [0.15, 0.2) is 11.5 Å². The van der Waals surface area contributed by atoms with Crippen molar-refractivity contribution in [2.24, 2.45) is 0 Å². The number of rotatable bonds is 3. The number of carbonyl (C=O) groups excluding carboxylic acids is 2. The van der Waals surface area contributed by atoms with E-state index in [1.165, 1.54) is 6.07 Å². The van der Waals surface area contributed by atoms with Crippen LogP contribution in [0.2, 0.25) is 0 Å². The number of nitrogens with one attached hydrogen (secondary N) is 1. The Morgan fingerprint density at radius 1 is 0.974 bits per heavy atom. The summed E-state index contributed by atoms with van der Waals surface area (Å²) in [6.07, 6.45) is 3.02. The van der Waals surface area contributed by atoms with Crippen LogP contribution in [-0.2, 0) is 4.74 Å². The molecule has 0 atom stereocenters. The van der Waals surface area contributed by atoms with Crippen molar-refractivity contribution in [3.63, 3.8) is 0 Å². The van der Waals surface area contributed by atoms with Gasteiger partial charge in [-0.15, -0.1) is 0 Å². The van der Waals surface area contributed by atoms with E-state index in [0.29, 0.717) is 48.6 Å². The molecule has 9 nitrogen and oxygen atoms in total. The zero-order chi connectivity index (χ0) is 27.2. The average molecular weight is 519 g/mol. The lowest BCUT2D eigenvalue weighted by atomic mass is 10.0. The van der Waals surface area contributed by atoms with Gasteiger partial charge < -0.3 is 24.3 Å². The predicted molar refractivity (Wildman–Crippen MR) is 144 cm³/mol. The zero-order valence-corrected chi connectivity index (χ0v) is 22.2. The molecule has 1 aliphatic rings. The second-order valence-corrected chi connectivity index (χ2v) is 10.6. The van der Waals surface area contributed by atoms with Gasteiger partial charge in [-0.1, -0.05) is 0 Å². The molecule has 4 aromatic rings. The number of imidazole rings is 1. The molecule has 0 spiro atoms. The Hall–Kier alpha value is -4.21. The second-order valence-electron chi connectivity index (χ2n) is 10.6. The normalized spacial score (nSPS) is 14.3. The molecule has 3 aromatic heterocycles. The van der Waals surface area contributed by atoms with Crippen molar-refractivity contribution in [1.29, 1.82) is 0 Å². The molecule has 198 valence electrons. The topological polar surface area (TPSA) is 92.1 Å². The van der Waals surface area contributed by atoms with Gasteiger partial charge in [-0.25, -0.2) is 14.2 Å². The number of benzene rings is 1. The molecule has 2 amide bonds. The van der Waals surface area contributed by atoms with E-state index in [1.54, 1.807) is 34.7 Å². The Labute approximate surface area is 220 Å². The van der Waals surface area contributed by atoms with Gasteiger partial charge in [0, 0.05) is 61.4 Å². The number of pyridine rings is 2. The van der Waals surface area contributed by atoms with E-state index in [1.807, 2.05) is 45.9 Å². The van der Waals surface area contributed by atoms with Gasteiger partial charge in [0.1, 0.15) is 5.60 Å². The average Bonchev–Trinajstić information content (AvgIpc) is 3.23. The van der Waals surface area contributed by atoms with E-state index in [9.17, 15) is 14.0 Å².